The summed E-state index contributed by atoms with van der Waals surface area (Å²) < 4.78 is 6.68. The molecule has 0 saturated heterocycles. The molecule has 5 nitrogen and oxygen atoms in total. The highest BCUT2D eigenvalue weighted by molar-refractivity contribution is 5.53. The second kappa shape index (κ2) is 4.47. The minimum absolute atomic E-state index is 0.498. The number of aliphatic hydroxyl groups is 1. The zero-order valence-electron chi connectivity index (χ0n) is 9.79. The first-order valence-corrected chi connectivity index (χ1v) is 5.23. The van der Waals surface area contributed by atoms with Gasteiger partial charge in [-0.1, -0.05) is 6.07 Å². The fourth-order valence-electron chi connectivity index (χ4n) is 1.74. The molecular weight excluding hydrogens is 218 g/mol. The van der Waals surface area contributed by atoms with E-state index in [9.17, 15) is 5.11 Å². The Kier molecular flexibility index (Phi) is 3.01. The molecule has 5 heteroatoms. The Balaban J connectivity index is 2.38. The number of aliphatic hydroxyl groups excluding tert-OH is 1. The minimum atomic E-state index is -0.784. The second-order valence-corrected chi connectivity index (χ2v) is 3.78. The average Bonchev–Trinajstić information content (AvgIpc) is 2.74. The van der Waals surface area contributed by atoms with Crippen LogP contribution in [0.1, 0.15) is 17.4 Å². The maximum atomic E-state index is 10.2. The van der Waals surface area contributed by atoms with Crippen molar-refractivity contribution in [2.24, 2.45) is 7.05 Å². The van der Waals surface area contributed by atoms with Crippen LogP contribution in [-0.4, -0.2) is 22.0 Å². The quantitative estimate of drug-likeness (QED) is 0.778. The van der Waals surface area contributed by atoms with Crippen molar-refractivity contribution in [2.75, 3.05) is 12.8 Å². The number of anilines is 1. The van der Waals surface area contributed by atoms with Gasteiger partial charge in [-0.05, 0) is 12.1 Å². The van der Waals surface area contributed by atoms with Crippen molar-refractivity contribution in [2.45, 2.75) is 6.10 Å². The molecule has 0 aliphatic heterocycles. The third-order valence-corrected chi connectivity index (χ3v) is 2.73. The summed E-state index contributed by atoms with van der Waals surface area (Å²) in [7, 11) is 3.35. The number of aryl methyl sites for hydroxylation is 1. The monoisotopic (exact) mass is 233 g/mol. The van der Waals surface area contributed by atoms with Crippen LogP contribution in [0.4, 0.5) is 5.69 Å². The molecular formula is C12H15N3O2. The molecule has 0 fully saturated rings. The van der Waals surface area contributed by atoms with Crippen LogP contribution < -0.4 is 10.5 Å². The second-order valence-electron chi connectivity index (χ2n) is 3.78. The SMILES string of the molecule is COc1ccc(C(O)c2ccnn2C)c(N)c1. The van der Waals surface area contributed by atoms with Crippen LogP contribution in [0.15, 0.2) is 30.5 Å². The van der Waals surface area contributed by atoms with Gasteiger partial charge in [-0.15, -0.1) is 0 Å². The van der Waals surface area contributed by atoms with E-state index in [0.29, 0.717) is 22.7 Å². The smallest absolute Gasteiger partial charge is 0.123 e. The molecule has 3 N–H and O–H groups in total. The summed E-state index contributed by atoms with van der Waals surface area (Å²) in [5.74, 6) is 0.670. The molecule has 1 aromatic heterocycles. The molecule has 0 aliphatic carbocycles. The van der Waals surface area contributed by atoms with E-state index in [0.717, 1.165) is 0 Å². The number of aromatic nitrogens is 2. The Bertz CT molecular complexity index is 522. The third kappa shape index (κ3) is 2.09. The van der Waals surface area contributed by atoms with Crippen molar-refractivity contribution >= 4 is 5.69 Å². The fourth-order valence-corrected chi connectivity index (χ4v) is 1.74. The summed E-state index contributed by atoms with van der Waals surface area (Å²) in [6, 6.07) is 6.97. The molecule has 1 aromatic carbocycles. The number of ether oxygens (including phenoxy) is 1. The molecule has 2 aromatic rings. The van der Waals surface area contributed by atoms with Crippen LogP contribution in [0.3, 0.4) is 0 Å². The number of nitrogens with two attached hydrogens (primary N) is 1. The average molecular weight is 233 g/mol. The van der Waals surface area contributed by atoms with E-state index >= 15 is 0 Å². The Hall–Kier alpha value is -2.01. The van der Waals surface area contributed by atoms with Gasteiger partial charge in [-0.3, -0.25) is 4.68 Å². The molecule has 1 unspecified atom stereocenters. The van der Waals surface area contributed by atoms with Gasteiger partial charge in [-0.25, -0.2) is 0 Å². The lowest BCUT2D eigenvalue weighted by Gasteiger charge is -2.14. The standard InChI is InChI=1S/C12H15N3O2/c1-15-11(5-6-14-15)12(16)9-4-3-8(17-2)7-10(9)13/h3-7,12,16H,13H2,1-2H3. The number of hydrogen-bond donors (Lipinski definition) is 2. The summed E-state index contributed by atoms with van der Waals surface area (Å²) in [6.45, 7) is 0. The van der Waals surface area contributed by atoms with Crippen LogP contribution in [0.5, 0.6) is 5.75 Å². The zero-order chi connectivity index (χ0) is 12.4. The summed E-state index contributed by atoms with van der Waals surface area (Å²) in [5, 5.41) is 14.2. The molecule has 0 spiro atoms. The number of nitrogens with zero attached hydrogens (tertiary/aromatic N) is 2. The molecule has 17 heavy (non-hydrogen) atoms. The van der Waals surface area contributed by atoms with E-state index in [1.54, 1.807) is 49.3 Å². The van der Waals surface area contributed by atoms with Gasteiger partial charge in [0.25, 0.3) is 0 Å². The number of rotatable bonds is 3. The van der Waals surface area contributed by atoms with Crippen LogP contribution in [0.25, 0.3) is 0 Å². The lowest BCUT2D eigenvalue weighted by atomic mass is 10.0. The van der Waals surface area contributed by atoms with E-state index in [2.05, 4.69) is 5.10 Å². The zero-order valence-corrected chi connectivity index (χ0v) is 9.79. The molecule has 0 amide bonds. The number of benzene rings is 1. The summed E-state index contributed by atoms with van der Waals surface area (Å²) in [6.07, 6.45) is 0.853. The highest BCUT2D eigenvalue weighted by Gasteiger charge is 2.16. The Labute approximate surface area is 99.4 Å². The first-order valence-electron chi connectivity index (χ1n) is 5.23. The topological polar surface area (TPSA) is 73.3 Å². The van der Waals surface area contributed by atoms with Gasteiger partial charge in [0.05, 0.1) is 12.8 Å². The highest BCUT2D eigenvalue weighted by atomic mass is 16.5. The molecule has 90 valence electrons. The summed E-state index contributed by atoms with van der Waals surface area (Å²) in [5.41, 5.74) is 7.73. The lowest BCUT2D eigenvalue weighted by Crippen LogP contribution is -2.08. The Morgan fingerprint density at radius 3 is 2.71 bits per heavy atom. The highest BCUT2D eigenvalue weighted by Crippen LogP contribution is 2.28. The molecule has 0 radical (unpaired) electrons. The number of hydrogen-bond acceptors (Lipinski definition) is 4. The predicted molar refractivity (Wildman–Crippen MR) is 64.7 cm³/mol. The van der Waals surface area contributed by atoms with E-state index < -0.39 is 6.10 Å². The Morgan fingerprint density at radius 1 is 1.41 bits per heavy atom. The maximum Gasteiger partial charge on any atom is 0.123 e. The molecule has 0 bridgehead atoms. The summed E-state index contributed by atoms with van der Waals surface area (Å²) in [4.78, 5) is 0. The van der Waals surface area contributed by atoms with E-state index in [1.165, 1.54) is 0 Å². The minimum Gasteiger partial charge on any atom is -0.497 e. The van der Waals surface area contributed by atoms with Gasteiger partial charge in [0, 0.05) is 30.6 Å². The van der Waals surface area contributed by atoms with Crippen molar-refractivity contribution in [3.8, 4) is 5.75 Å². The molecule has 0 aliphatic rings. The molecule has 2 rings (SSSR count). The van der Waals surface area contributed by atoms with Crippen LogP contribution in [0, 0.1) is 0 Å². The van der Waals surface area contributed by atoms with Gasteiger partial charge >= 0.3 is 0 Å². The molecule has 1 heterocycles. The first kappa shape index (κ1) is 11.5. The van der Waals surface area contributed by atoms with Gasteiger partial charge in [0.1, 0.15) is 11.9 Å². The predicted octanol–water partition coefficient (Wildman–Crippen LogP) is 1.09. The van der Waals surface area contributed by atoms with Crippen molar-refractivity contribution in [3.63, 3.8) is 0 Å². The maximum absolute atomic E-state index is 10.2. The van der Waals surface area contributed by atoms with Crippen molar-refractivity contribution < 1.29 is 9.84 Å². The van der Waals surface area contributed by atoms with Gasteiger partial charge in [-0.2, -0.15) is 5.10 Å². The fraction of sp³-hybridized carbons (Fsp3) is 0.250. The van der Waals surface area contributed by atoms with E-state index in [-0.39, 0.29) is 0 Å². The van der Waals surface area contributed by atoms with Crippen molar-refractivity contribution in [1.29, 1.82) is 0 Å². The number of methoxy groups -OCH3 is 1. The van der Waals surface area contributed by atoms with Crippen LogP contribution >= 0.6 is 0 Å². The molecule has 0 saturated carbocycles. The molecule has 1 atom stereocenters. The van der Waals surface area contributed by atoms with Crippen molar-refractivity contribution in [3.05, 3.63) is 41.7 Å². The summed E-state index contributed by atoms with van der Waals surface area (Å²) >= 11 is 0. The van der Waals surface area contributed by atoms with E-state index in [4.69, 9.17) is 10.5 Å². The lowest BCUT2D eigenvalue weighted by molar-refractivity contribution is 0.210. The van der Waals surface area contributed by atoms with E-state index in [1.807, 2.05) is 0 Å². The van der Waals surface area contributed by atoms with Gasteiger partial charge in [0.2, 0.25) is 0 Å². The van der Waals surface area contributed by atoms with Crippen LogP contribution in [0.2, 0.25) is 0 Å². The number of nitrogen functional groups attached to an aromatic ring is 1. The first-order chi connectivity index (χ1) is 8.13. The Morgan fingerprint density at radius 2 is 2.18 bits per heavy atom. The largest absolute Gasteiger partial charge is 0.497 e. The van der Waals surface area contributed by atoms with Crippen molar-refractivity contribution in [1.82, 2.24) is 9.78 Å². The van der Waals surface area contributed by atoms with Gasteiger partial charge < -0.3 is 15.6 Å². The van der Waals surface area contributed by atoms with Gasteiger partial charge in [0.15, 0.2) is 0 Å². The third-order valence-electron chi connectivity index (χ3n) is 2.73. The van der Waals surface area contributed by atoms with Crippen LogP contribution in [-0.2, 0) is 7.05 Å². The normalized spacial score (nSPS) is 12.4.